The van der Waals surface area contributed by atoms with Gasteiger partial charge in [-0.15, -0.1) is 0 Å². The molecule has 0 amide bonds. The first-order valence-corrected chi connectivity index (χ1v) is 54.3. The summed E-state index contributed by atoms with van der Waals surface area (Å²) in [6.07, 6.45) is 3.33. The summed E-state index contributed by atoms with van der Waals surface area (Å²) in [5.41, 5.74) is 6.86. The lowest BCUT2D eigenvalue weighted by molar-refractivity contribution is -0.191. The molecule has 6 aliphatic carbocycles. The molecule has 12 unspecified atom stereocenters. The van der Waals surface area contributed by atoms with Crippen molar-refractivity contribution >= 4 is 89.3 Å². The van der Waals surface area contributed by atoms with Gasteiger partial charge in [0.2, 0.25) is 0 Å². The predicted octanol–water partition coefficient (Wildman–Crippen LogP) is 21.8. The van der Waals surface area contributed by atoms with Gasteiger partial charge in [0.05, 0.1) is 60.9 Å². The molecule has 0 aromatic heterocycles. The van der Waals surface area contributed by atoms with Crippen LogP contribution in [0, 0.1) is 90.9 Å². The number of hydrogen-bond acceptors (Lipinski definition) is 19. The van der Waals surface area contributed by atoms with Crippen molar-refractivity contribution in [2.75, 3.05) is 26.4 Å². The maximum atomic E-state index is 12.9. The van der Waals surface area contributed by atoms with E-state index in [-0.39, 0.29) is 130 Å². The summed E-state index contributed by atoms with van der Waals surface area (Å²) in [6, 6.07) is 101. The third-order valence-electron chi connectivity index (χ3n) is 27.3. The minimum atomic E-state index is -3.54. The summed E-state index contributed by atoms with van der Waals surface area (Å²) in [5, 5.41) is -0.436. The molecule has 8 bridgehead atoms. The number of carbonyl (C=O) groups excluding carboxylic acids is 6. The van der Waals surface area contributed by atoms with Crippen LogP contribution in [0.2, 0.25) is 0 Å². The van der Waals surface area contributed by atoms with Crippen molar-refractivity contribution < 1.29 is 88.7 Å². The van der Waals surface area contributed by atoms with Crippen LogP contribution in [0.5, 0.6) is 23.0 Å². The maximum absolute atomic E-state index is 12.9. The number of ether oxygens (including phenoxy) is 10. The molecule has 6 saturated carbocycles. The number of hydrogen-bond donors (Lipinski definition) is 0. The molecule has 22 rings (SSSR count). The standard InChI is InChI=1S/C32H33O4S.C29H29O6S2.C29H27O6S.C26H29O3S/c1-21-13-28(37(26-9-5-3-6-10-26)27-11-7-4-8-12-27)14-22(2)31(21)35-20-29(33)36-32-17-23-15-24(18-32)30(34)25(16-23)19-32;1-18-13-23(36(21-9-5-3-6-10-21)22-11-7-4-8-12-22)14-19(2)27(18)33-17-26(30)34-28-20-15-24-25(16-20)37(31,32)35-29(24)28;1-17-13-21(36(19-9-5-3-6-10-19)20-11-7-4-8-12-20)14-18(2)25(17)32-16-24(30)34-27-23-15-22-26(33-23)28(27)35-29(22)31;1-19-16-23(17-20(2)25(19)28-18-24(27)29-26(3,4)5)30(21-12-8-6-9-13-21)22-14-10-7-11-15-22/h3-14,23-25H,15-20H2,1-2H3;3-14,20,24-25,28-29H,15-17H2,1-2H3;3-14,22-23,26-28H,15-16H2,1-2H3;6-17H,18H2,1-5H3/q4*+1. The van der Waals surface area contributed by atoms with E-state index in [1.54, 1.807) is 0 Å². The Labute approximate surface area is 831 Å². The predicted molar refractivity (Wildman–Crippen MR) is 539 cm³/mol. The Kier molecular flexibility index (Phi) is 29.9. The van der Waals surface area contributed by atoms with Gasteiger partial charge in [-0.2, -0.15) is 8.42 Å². The SMILES string of the molecule is Cc1cc([S+](c2ccccc2)c2ccccc2)cc(C)c1OCC(=O)OC(C)(C)C.Cc1cc([S+](c2ccccc2)c2ccccc2)cc(C)c1OCC(=O)OC12CC3CC(C1)C(=O)C(C3)C2.Cc1cc([S+](c2ccccc2)c2ccccc2)cc(C)c1OCC(=O)OC1C2CC3C(=O)OC1C3O2.Cc1cc([S+](c2ccccc2)c2ccccc2)cc(C)c1OCC(=O)OC1C2CC3C1OS(=O)(=O)C3C2. The van der Waals surface area contributed by atoms with Crippen LogP contribution in [0.3, 0.4) is 0 Å². The largest absolute Gasteiger partial charge is 0.481 e. The minimum Gasteiger partial charge on any atom is -0.481 e. The van der Waals surface area contributed by atoms with Crippen LogP contribution in [0.1, 0.15) is 117 Å². The molecule has 10 aliphatic rings. The Morgan fingerprint density at radius 3 is 0.993 bits per heavy atom. The third-order valence-corrected chi connectivity index (χ3v) is 37.8. The number of esters is 5. The van der Waals surface area contributed by atoms with E-state index in [4.69, 9.17) is 51.6 Å². The summed E-state index contributed by atoms with van der Waals surface area (Å²) in [6.45, 7) is 21.0. The van der Waals surface area contributed by atoms with Crippen molar-refractivity contribution in [3.63, 3.8) is 0 Å². The van der Waals surface area contributed by atoms with Gasteiger partial charge in [-0.25, -0.2) is 19.2 Å². The van der Waals surface area contributed by atoms with Crippen LogP contribution in [-0.2, 0) is 115 Å². The summed E-state index contributed by atoms with van der Waals surface area (Å²) in [7, 11) is -4.54. The van der Waals surface area contributed by atoms with Crippen molar-refractivity contribution in [1.29, 1.82) is 0 Å². The molecule has 4 saturated heterocycles. The topological polar surface area (TPSA) is 238 Å². The van der Waals surface area contributed by atoms with Crippen LogP contribution in [-0.4, -0.2) is 124 Å². The first kappa shape index (κ1) is 98.3. The molecule has 722 valence electrons. The van der Waals surface area contributed by atoms with Gasteiger partial charge in [0.15, 0.2) is 97.4 Å². The zero-order valence-electron chi connectivity index (χ0n) is 80.5. The van der Waals surface area contributed by atoms with E-state index in [0.29, 0.717) is 48.9 Å². The highest BCUT2D eigenvalue weighted by molar-refractivity contribution is 7.98. The molecule has 140 heavy (non-hydrogen) atoms. The monoisotopic (exact) mass is 1970 g/mol. The lowest BCUT2D eigenvalue weighted by atomic mass is 9.53. The van der Waals surface area contributed by atoms with E-state index < -0.39 is 62.9 Å². The second-order valence-corrected chi connectivity index (χ2v) is 48.6. The number of benzene rings is 12. The first-order chi connectivity index (χ1) is 67.5. The number of aryl methyl sites for hydroxylation is 8. The first-order valence-electron chi connectivity index (χ1n) is 47.9. The molecular weight excluding hydrogens is 1860 g/mol. The fourth-order valence-electron chi connectivity index (χ4n) is 21.9. The zero-order chi connectivity index (χ0) is 97.8. The number of fused-ring (bicyclic) bond motifs is 2. The zero-order valence-corrected chi connectivity index (χ0v) is 84.6. The van der Waals surface area contributed by atoms with Crippen molar-refractivity contribution in [3.05, 3.63) is 336 Å². The van der Waals surface area contributed by atoms with Crippen LogP contribution >= 0.6 is 0 Å². The molecule has 0 N–H and O–H groups in total. The molecular formula is C116H118O19S5+4. The summed E-state index contributed by atoms with van der Waals surface area (Å²) < 4.78 is 87.4. The van der Waals surface area contributed by atoms with Gasteiger partial charge in [-0.1, -0.05) is 146 Å². The lowest BCUT2D eigenvalue weighted by Gasteiger charge is -2.54. The van der Waals surface area contributed by atoms with Gasteiger partial charge in [-0.3, -0.25) is 13.8 Å². The summed E-state index contributed by atoms with van der Waals surface area (Å²) in [4.78, 5) is 89.5. The normalized spacial score (nSPS) is 23.0. The highest BCUT2D eigenvalue weighted by Crippen LogP contribution is 2.58. The smallest absolute Gasteiger partial charge is 0.344 e. The van der Waals surface area contributed by atoms with Crippen LogP contribution in [0.15, 0.2) is 350 Å². The van der Waals surface area contributed by atoms with Crippen LogP contribution in [0.4, 0.5) is 0 Å². The fourth-order valence-corrected chi connectivity index (χ4v) is 32.8. The van der Waals surface area contributed by atoms with Crippen LogP contribution < -0.4 is 18.9 Å². The van der Waals surface area contributed by atoms with E-state index in [1.807, 2.05) is 125 Å². The molecule has 0 spiro atoms. The number of rotatable bonds is 27. The Bertz CT molecular complexity index is 6350. The van der Waals surface area contributed by atoms with Crippen LogP contribution in [0.25, 0.3) is 0 Å². The maximum Gasteiger partial charge on any atom is 0.344 e. The van der Waals surface area contributed by atoms with Crippen molar-refractivity contribution in [1.82, 2.24) is 0 Å². The second kappa shape index (κ2) is 42.5. The Balaban J connectivity index is 0.000000124. The summed E-state index contributed by atoms with van der Waals surface area (Å²) >= 11 is 0. The molecule has 0 radical (unpaired) electrons. The number of ketones is 1. The second-order valence-electron chi connectivity index (χ2n) is 38.7. The van der Waals surface area contributed by atoms with Crippen molar-refractivity contribution in [3.8, 4) is 23.0 Å². The van der Waals surface area contributed by atoms with Gasteiger partial charge < -0.3 is 47.4 Å². The summed E-state index contributed by atoms with van der Waals surface area (Å²) in [5.74, 6) is 1.74. The van der Waals surface area contributed by atoms with E-state index in [9.17, 15) is 37.2 Å². The molecule has 12 atom stereocenters. The molecule has 12 aromatic rings. The Morgan fingerprint density at radius 1 is 0.364 bits per heavy atom. The van der Waals surface area contributed by atoms with Gasteiger partial charge in [0, 0.05) is 72.2 Å². The van der Waals surface area contributed by atoms with Crippen molar-refractivity contribution in [2.45, 2.75) is 239 Å². The highest BCUT2D eigenvalue weighted by atomic mass is 32.2. The Morgan fingerprint density at radius 2 is 0.671 bits per heavy atom. The molecule has 4 heterocycles. The third kappa shape index (κ3) is 21.9. The van der Waals surface area contributed by atoms with Gasteiger partial charge >= 0.3 is 29.8 Å². The van der Waals surface area contributed by atoms with E-state index in [1.165, 1.54) is 58.7 Å². The average molecular weight is 1980 g/mol. The fraction of sp³-hybridized carbons (Fsp3) is 0.328. The van der Waals surface area contributed by atoms with E-state index in [0.717, 1.165) is 81.7 Å². The van der Waals surface area contributed by atoms with E-state index in [2.05, 4.69) is 243 Å². The lowest BCUT2D eigenvalue weighted by Crippen LogP contribution is -2.57. The molecule has 24 heteroatoms. The average Bonchev–Trinajstić information content (AvgIpc) is 1.52. The number of Topliss-reactive ketones (excluding diaryl/α,β-unsaturated/α-hetero) is 1. The number of carbonyl (C=O) groups is 6. The molecule has 12 aromatic carbocycles. The Hall–Kier alpha value is -11.9. The van der Waals surface area contributed by atoms with Gasteiger partial charge in [0.25, 0.3) is 10.1 Å². The quantitative estimate of drug-likeness (QED) is 0.0201. The molecule has 4 aliphatic heterocycles. The minimum absolute atomic E-state index is 0.0397. The van der Waals surface area contributed by atoms with Crippen molar-refractivity contribution in [2.24, 2.45) is 35.5 Å². The molecule has 19 nitrogen and oxygen atoms in total. The highest BCUT2D eigenvalue weighted by Gasteiger charge is 2.67. The van der Waals surface area contributed by atoms with E-state index >= 15 is 0 Å². The molecule has 10 fully saturated rings. The van der Waals surface area contributed by atoms with Gasteiger partial charge in [0.1, 0.15) is 58.3 Å². The van der Waals surface area contributed by atoms with Gasteiger partial charge in [-0.05, 0) is 275 Å².